The maximum Gasteiger partial charge on any atom is 0.243 e. The van der Waals surface area contributed by atoms with Gasteiger partial charge in [-0.25, -0.2) is 4.98 Å². The highest BCUT2D eigenvalue weighted by Gasteiger charge is 2.29. The van der Waals surface area contributed by atoms with Crippen LogP contribution in [-0.4, -0.2) is 23.0 Å². The summed E-state index contributed by atoms with van der Waals surface area (Å²) in [5.41, 5.74) is 0.991. The molecule has 118 valence electrons. The van der Waals surface area contributed by atoms with Gasteiger partial charge in [-0.05, 0) is 39.0 Å². The van der Waals surface area contributed by atoms with E-state index in [1.54, 1.807) is 0 Å². The molecule has 4 nitrogen and oxygen atoms in total. The van der Waals surface area contributed by atoms with Crippen molar-refractivity contribution in [2.75, 3.05) is 5.32 Å². The molecule has 0 spiro atoms. The van der Waals surface area contributed by atoms with E-state index in [1.165, 1.54) is 30.6 Å². The summed E-state index contributed by atoms with van der Waals surface area (Å²) in [5.74, 6) is 1.36. The van der Waals surface area contributed by atoms with E-state index in [4.69, 9.17) is 0 Å². The van der Waals surface area contributed by atoms with Gasteiger partial charge in [0.25, 0.3) is 0 Å². The fourth-order valence-electron chi connectivity index (χ4n) is 2.95. The predicted octanol–water partition coefficient (Wildman–Crippen LogP) is 3.50. The van der Waals surface area contributed by atoms with Gasteiger partial charge in [0.15, 0.2) is 5.13 Å². The summed E-state index contributed by atoms with van der Waals surface area (Å²) in [6, 6.07) is 0.251. The zero-order valence-electron chi connectivity index (χ0n) is 13.7. The molecule has 4 atom stereocenters. The van der Waals surface area contributed by atoms with Crippen LogP contribution in [0.15, 0.2) is 0 Å². The lowest BCUT2D eigenvalue weighted by Crippen LogP contribution is -2.49. The van der Waals surface area contributed by atoms with Crippen molar-refractivity contribution in [3.63, 3.8) is 0 Å². The molecule has 1 aliphatic carbocycles. The standard InChI is InChI=1S/C16H27N3OS/c1-9-7-6-8-14(10(9)2)17-12(4)15(20)19-16-18-11(3)13(5)21-16/h9-10,12,14,17H,6-8H2,1-5H3,(H,18,19,20). The first-order valence-electron chi connectivity index (χ1n) is 7.89. The monoisotopic (exact) mass is 309 g/mol. The maximum atomic E-state index is 12.3. The number of rotatable bonds is 4. The molecule has 0 radical (unpaired) electrons. The average molecular weight is 309 g/mol. The number of nitrogens with one attached hydrogen (secondary N) is 2. The number of anilines is 1. The minimum absolute atomic E-state index is 0.00850. The van der Waals surface area contributed by atoms with Gasteiger partial charge in [-0.1, -0.05) is 26.7 Å². The van der Waals surface area contributed by atoms with Crippen molar-refractivity contribution < 1.29 is 4.79 Å². The number of hydrogen-bond donors (Lipinski definition) is 2. The molecule has 1 fully saturated rings. The third kappa shape index (κ3) is 4.04. The highest BCUT2D eigenvalue weighted by Crippen LogP contribution is 2.29. The third-order valence-corrected chi connectivity index (χ3v) is 5.81. The van der Waals surface area contributed by atoms with Crippen LogP contribution in [0.4, 0.5) is 5.13 Å². The van der Waals surface area contributed by atoms with Crippen LogP contribution in [0.5, 0.6) is 0 Å². The van der Waals surface area contributed by atoms with Crippen molar-refractivity contribution in [1.82, 2.24) is 10.3 Å². The highest BCUT2D eigenvalue weighted by molar-refractivity contribution is 7.15. The Balaban J connectivity index is 1.90. The van der Waals surface area contributed by atoms with E-state index in [1.807, 2.05) is 20.8 Å². The van der Waals surface area contributed by atoms with Crippen LogP contribution in [0.2, 0.25) is 0 Å². The number of hydrogen-bond acceptors (Lipinski definition) is 4. The Hall–Kier alpha value is -0.940. The molecule has 1 aromatic heterocycles. The Kier molecular flexibility index (Phi) is 5.38. The Labute approximate surface area is 131 Å². The second-order valence-electron chi connectivity index (χ2n) is 6.41. The first kappa shape index (κ1) is 16.4. The van der Waals surface area contributed by atoms with E-state index in [-0.39, 0.29) is 11.9 Å². The molecular weight excluding hydrogens is 282 g/mol. The summed E-state index contributed by atoms with van der Waals surface area (Å²) in [5, 5.41) is 7.13. The molecule has 1 saturated carbocycles. The molecule has 0 saturated heterocycles. The fraction of sp³-hybridized carbons (Fsp3) is 0.750. The van der Waals surface area contributed by atoms with Crippen molar-refractivity contribution in [1.29, 1.82) is 0 Å². The van der Waals surface area contributed by atoms with Crippen LogP contribution >= 0.6 is 11.3 Å². The number of aryl methyl sites for hydroxylation is 2. The van der Waals surface area contributed by atoms with Gasteiger partial charge in [0.1, 0.15) is 0 Å². The third-order valence-electron chi connectivity index (χ3n) is 4.82. The second-order valence-corrected chi connectivity index (χ2v) is 7.62. The molecule has 1 aromatic rings. The highest BCUT2D eigenvalue weighted by atomic mass is 32.1. The molecule has 1 heterocycles. The summed E-state index contributed by atoms with van der Waals surface area (Å²) in [6.07, 6.45) is 3.72. The van der Waals surface area contributed by atoms with Crippen molar-refractivity contribution >= 4 is 22.4 Å². The normalized spacial score (nSPS) is 27.4. The topological polar surface area (TPSA) is 54.0 Å². The van der Waals surface area contributed by atoms with E-state index in [0.29, 0.717) is 17.1 Å². The second kappa shape index (κ2) is 6.88. The molecule has 2 N–H and O–H groups in total. The predicted molar refractivity (Wildman–Crippen MR) is 88.8 cm³/mol. The van der Waals surface area contributed by atoms with Crippen LogP contribution < -0.4 is 10.6 Å². The summed E-state index contributed by atoms with van der Waals surface area (Å²) in [7, 11) is 0. The lowest BCUT2D eigenvalue weighted by Gasteiger charge is -2.36. The zero-order valence-corrected chi connectivity index (χ0v) is 14.5. The van der Waals surface area contributed by atoms with Crippen LogP contribution in [0, 0.1) is 25.7 Å². The number of amides is 1. The molecule has 4 unspecified atom stereocenters. The van der Waals surface area contributed by atoms with E-state index in [0.717, 1.165) is 16.5 Å². The maximum absolute atomic E-state index is 12.3. The molecule has 1 aliphatic rings. The quantitative estimate of drug-likeness (QED) is 0.895. The summed E-state index contributed by atoms with van der Waals surface area (Å²) < 4.78 is 0. The Morgan fingerprint density at radius 1 is 1.33 bits per heavy atom. The van der Waals surface area contributed by atoms with Crippen molar-refractivity contribution in [2.24, 2.45) is 11.8 Å². The molecule has 21 heavy (non-hydrogen) atoms. The molecule has 0 aromatic carbocycles. The van der Waals surface area contributed by atoms with Crippen molar-refractivity contribution in [3.05, 3.63) is 10.6 Å². The summed E-state index contributed by atoms with van der Waals surface area (Å²) in [6.45, 7) is 10.5. The average Bonchev–Trinajstić information content (AvgIpc) is 2.73. The molecule has 0 aliphatic heterocycles. The molecule has 0 bridgehead atoms. The van der Waals surface area contributed by atoms with E-state index in [2.05, 4.69) is 29.5 Å². The lowest BCUT2D eigenvalue weighted by atomic mass is 9.78. The molecular formula is C16H27N3OS. The number of carbonyl (C=O) groups is 1. The van der Waals surface area contributed by atoms with Crippen LogP contribution in [-0.2, 0) is 4.79 Å². The van der Waals surface area contributed by atoms with Gasteiger partial charge in [0, 0.05) is 10.9 Å². The van der Waals surface area contributed by atoms with Crippen LogP contribution in [0.1, 0.15) is 50.6 Å². The Morgan fingerprint density at radius 2 is 2.05 bits per heavy atom. The Bertz CT molecular complexity index is 480. The molecule has 5 heteroatoms. The van der Waals surface area contributed by atoms with Gasteiger partial charge < -0.3 is 10.6 Å². The first-order chi connectivity index (χ1) is 9.88. The number of carbonyl (C=O) groups excluding carboxylic acids is 1. The number of nitrogens with zero attached hydrogens (tertiary/aromatic N) is 1. The van der Waals surface area contributed by atoms with Gasteiger partial charge in [-0.3, -0.25) is 4.79 Å². The number of thiazole rings is 1. The SMILES string of the molecule is Cc1nc(NC(=O)C(C)NC2CCCC(C)C2C)sc1C. The summed E-state index contributed by atoms with van der Waals surface area (Å²) in [4.78, 5) is 17.8. The molecule has 2 rings (SSSR count). The van der Waals surface area contributed by atoms with Crippen molar-refractivity contribution in [3.8, 4) is 0 Å². The van der Waals surface area contributed by atoms with Gasteiger partial charge in [-0.2, -0.15) is 0 Å². The minimum atomic E-state index is -0.188. The largest absolute Gasteiger partial charge is 0.303 e. The van der Waals surface area contributed by atoms with Crippen molar-refractivity contribution in [2.45, 2.75) is 66.0 Å². The van der Waals surface area contributed by atoms with Gasteiger partial charge in [-0.15, -0.1) is 11.3 Å². The smallest absolute Gasteiger partial charge is 0.243 e. The fourth-order valence-corrected chi connectivity index (χ4v) is 3.77. The van der Waals surface area contributed by atoms with Crippen LogP contribution in [0.25, 0.3) is 0 Å². The van der Waals surface area contributed by atoms with E-state index < -0.39 is 0 Å². The summed E-state index contributed by atoms with van der Waals surface area (Å²) >= 11 is 1.54. The van der Waals surface area contributed by atoms with Gasteiger partial charge in [0.05, 0.1) is 11.7 Å². The minimum Gasteiger partial charge on any atom is -0.303 e. The Morgan fingerprint density at radius 3 is 2.67 bits per heavy atom. The van der Waals surface area contributed by atoms with Gasteiger partial charge >= 0.3 is 0 Å². The van der Waals surface area contributed by atoms with E-state index in [9.17, 15) is 4.79 Å². The first-order valence-corrected chi connectivity index (χ1v) is 8.71. The number of aromatic nitrogens is 1. The zero-order chi connectivity index (χ0) is 15.6. The van der Waals surface area contributed by atoms with Gasteiger partial charge in [0.2, 0.25) is 5.91 Å². The van der Waals surface area contributed by atoms with E-state index >= 15 is 0 Å². The lowest BCUT2D eigenvalue weighted by molar-refractivity contribution is -0.118. The van der Waals surface area contributed by atoms with Crippen LogP contribution in [0.3, 0.4) is 0 Å². The molecule has 1 amide bonds.